The van der Waals surface area contributed by atoms with Crippen molar-refractivity contribution < 1.29 is 14.6 Å². The molecule has 0 heterocycles. The normalized spacial score (nSPS) is 10.1. The third kappa shape index (κ3) is 2.86. The number of phenolic OH excluding ortho intramolecular Hbond substituents is 1. The third-order valence-corrected chi connectivity index (χ3v) is 2.41. The topological polar surface area (TPSA) is 125 Å². The minimum Gasteiger partial charge on any atom is -0.508 e. The molecule has 0 amide bonds. The second kappa shape index (κ2) is 4.77. The number of anilines is 3. The van der Waals surface area contributed by atoms with Crippen LogP contribution in [-0.2, 0) is 0 Å². The van der Waals surface area contributed by atoms with Crippen LogP contribution in [0.2, 0.25) is 0 Å². The fraction of sp³-hybridized carbons (Fsp3) is 0. The Balaban J connectivity index is 2.28. The highest BCUT2D eigenvalue weighted by molar-refractivity contribution is 5.93. The van der Waals surface area contributed by atoms with E-state index in [0.29, 0.717) is 11.4 Å². The van der Waals surface area contributed by atoms with Crippen molar-refractivity contribution in [3.8, 4) is 11.5 Å². The summed E-state index contributed by atoms with van der Waals surface area (Å²) in [5.41, 5.74) is 18.0. The Morgan fingerprint density at radius 1 is 1.00 bits per heavy atom. The lowest BCUT2D eigenvalue weighted by Gasteiger charge is -2.08. The van der Waals surface area contributed by atoms with E-state index in [0.717, 1.165) is 0 Å². The van der Waals surface area contributed by atoms with Gasteiger partial charge in [-0.2, -0.15) is 0 Å². The van der Waals surface area contributed by atoms with Crippen LogP contribution < -0.4 is 21.9 Å². The van der Waals surface area contributed by atoms with E-state index in [-0.39, 0.29) is 22.7 Å². The highest BCUT2D eigenvalue weighted by Gasteiger charge is 2.12. The summed E-state index contributed by atoms with van der Waals surface area (Å²) >= 11 is 0. The van der Waals surface area contributed by atoms with Gasteiger partial charge in [-0.25, -0.2) is 4.79 Å². The Labute approximate surface area is 109 Å². The van der Waals surface area contributed by atoms with Crippen LogP contribution in [0.1, 0.15) is 10.4 Å². The zero-order valence-electron chi connectivity index (χ0n) is 9.96. The minimum atomic E-state index is -0.656. The number of benzene rings is 2. The summed E-state index contributed by atoms with van der Waals surface area (Å²) in [6.07, 6.45) is 0. The van der Waals surface area contributed by atoms with E-state index in [2.05, 4.69) is 0 Å². The maximum Gasteiger partial charge on any atom is 0.343 e. The number of phenols is 1. The van der Waals surface area contributed by atoms with Gasteiger partial charge in [-0.15, -0.1) is 0 Å². The zero-order valence-corrected chi connectivity index (χ0v) is 9.96. The van der Waals surface area contributed by atoms with Crippen molar-refractivity contribution in [1.82, 2.24) is 0 Å². The van der Waals surface area contributed by atoms with E-state index >= 15 is 0 Å². The number of carbonyl (C=O) groups excluding carboxylic acids is 1. The van der Waals surface area contributed by atoms with Crippen LogP contribution in [-0.4, -0.2) is 11.1 Å². The minimum absolute atomic E-state index is 0.0518. The van der Waals surface area contributed by atoms with E-state index in [9.17, 15) is 9.90 Å². The first-order chi connectivity index (χ1) is 8.95. The summed E-state index contributed by atoms with van der Waals surface area (Å²) in [7, 11) is 0. The summed E-state index contributed by atoms with van der Waals surface area (Å²) < 4.78 is 5.09. The van der Waals surface area contributed by atoms with Crippen LogP contribution >= 0.6 is 0 Å². The summed E-state index contributed by atoms with van der Waals surface area (Å²) in [4.78, 5) is 11.9. The van der Waals surface area contributed by atoms with Gasteiger partial charge < -0.3 is 27.0 Å². The highest BCUT2D eigenvalue weighted by Crippen LogP contribution is 2.27. The summed E-state index contributed by atoms with van der Waals surface area (Å²) in [5.74, 6) is -0.633. The second-order valence-electron chi connectivity index (χ2n) is 4.00. The Kier molecular flexibility index (Phi) is 3.15. The van der Waals surface area contributed by atoms with E-state index in [1.54, 1.807) is 0 Å². The van der Waals surface area contributed by atoms with Crippen molar-refractivity contribution in [2.24, 2.45) is 0 Å². The monoisotopic (exact) mass is 259 g/mol. The number of ether oxygens (including phenoxy) is 1. The lowest BCUT2D eigenvalue weighted by molar-refractivity contribution is 0.0735. The van der Waals surface area contributed by atoms with Crippen LogP contribution in [0.15, 0.2) is 36.4 Å². The average Bonchev–Trinajstić information content (AvgIpc) is 2.32. The molecule has 19 heavy (non-hydrogen) atoms. The van der Waals surface area contributed by atoms with Gasteiger partial charge in [0.25, 0.3) is 0 Å². The van der Waals surface area contributed by atoms with Crippen molar-refractivity contribution in [3.63, 3.8) is 0 Å². The Morgan fingerprint density at radius 2 is 1.63 bits per heavy atom. The smallest absolute Gasteiger partial charge is 0.343 e. The van der Waals surface area contributed by atoms with E-state index < -0.39 is 5.97 Å². The first-order valence-corrected chi connectivity index (χ1v) is 5.42. The predicted octanol–water partition coefficient (Wildman–Crippen LogP) is 1.36. The molecular formula is C13H13N3O3. The number of rotatable bonds is 2. The second-order valence-corrected chi connectivity index (χ2v) is 4.00. The van der Waals surface area contributed by atoms with Crippen molar-refractivity contribution >= 4 is 23.0 Å². The molecule has 0 unspecified atom stereocenters. The number of nitrogens with two attached hydrogens (primary N) is 3. The average molecular weight is 259 g/mol. The largest absolute Gasteiger partial charge is 0.508 e. The highest BCUT2D eigenvalue weighted by atomic mass is 16.5. The van der Waals surface area contributed by atoms with Crippen LogP contribution in [0, 0.1) is 0 Å². The Hall–Kier alpha value is -2.89. The maximum atomic E-state index is 11.9. The van der Waals surface area contributed by atoms with Gasteiger partial charge in [0.05, 0.1) is 11.3 Å². The third-order valence-electron chi connectivity index (χ3n) is 2.41. The molecule has 6 heteroatoms. The van der Waals surface area contributed by atoms with Gasteiger partial charge in [-0.3, -0.25) is 0 Å². The van der Waals surface area contributed by atoms with Crippen molar-refractivity contribution in [1.29, 1.82) is 0 Å². The lowest BCUT2D eigenvalue weighted by Crippen LogP contribution is -2.10. The van der Waals surface area contributed by atoms with Crippen LogP contribution in [0.4, 0.5) is 17.1 Å². The van der Waals surface area contributed by atoms with Gasteiger partial charge in [0.15, 0.2) is 5.75 Å². The standard InChI is InChI=1S/C13H13N3O3/c14-8-3-7(4-9(15)5-8)13(18)19-12-6-10(17)1-2-11(12)16/h1-6,17H,14-16H2. The number of aromatic hydroxyl groups is 1. The first-order valence-electron chi connectivity index (χ1n) is 5.42. The Bertz CT molecular complexity index is 621. The van der Waals surface area contributed by atoms with E-state index in [1.807, 2.05) is 0 Å². The maximum absolute atomic E-state index is 11.9. The summed E-state index contributed by atoms with van der Waals surface area (Å²) in [6.45, 7) is 0. The molecule has 0 saturated carbocycles. The molecule has 0 radical (unpaired) electrons. The molecule has 2 rings (SSSR count). The molecule has 0 atom stereocenters. The van der Waals surface area contributed by atoms with Crippen LogP contribution in [0.5, 0.6) is 11.5 Å². The first kappa shape index (κ1) is 12.6. The zero-order chi connectivity index (χ0) is 14.0. The van der Waals surface area contributed by atoms with Gasteiger partial charge in [0, 0.05) is 17.4 Å². The van der Waals surface area contributed by atoms with Crippen molar-refractivity contribution in [3.05, 3.63) is 42.0 Å². The molecule has 7 N–H and O–H groups in total. The number of nitrogen functional groups attached to an aromatic ring is 3. The number of hydrogen-bond acceptors (Lipinski definition) is 6. The van der Waals surface area contributed by atoms with Crippen molar-refractivity contribution in [2.45, 2.75) is 0 Å². The molecule has 2 aromatic rings. The van der Waals surface area contributed by atoms with Gasteiger partial charge in [-0.1, -0.05) is 0 Å². The Morgan fingerprint density at radius 3 is 2.26 bits per heavy atom. The fourth-order valence-corrected chi connectivity index (χ4v) is 1.56. The van der Waals surface area contributed by atoms with Crippen LogP contribution in [0.25, 0.3) is 0 Å². The number of hydrogen-bond donors (Lipinski definition) is 4. The van der Waals surface area contributed by atoms with Gasteiger partial charge in [0.2, 0.25) is 0 Å². The molecule has 0 saturated heterocycles. The molecule has 0 aliphatic carbocycles. The lowest BCUT2D eigenvalue weighted by atomic mass is 10.2. The molecule has 0 aliphatic heterocycles. The van der Waals surface area contributed by atoms with Gasteiger partial charge >= 0.3 is 5.97 Å². The number of esters is 1. The predicted molar refractivity (Wildman–Crippen MR) is 72.7 cm³/mol. The summed E-state index contributed by atoms with van der Waals surface area (Å²) in [5, 5.41) is 9.32. The molecule has 0 bridgehead atoms. The van der Waals surface area contributed by atoms with E-state index in [1.165, 1.54) is 36.4 Å². The molecule has 0 aliphatic rings. The molecule has 98 valence electrons. The van der Waals surface area contributed by atoms with E-state index in [4.69, 9.17) is 21.9 Å². The summed E-state index contributed by atoms with van der Waals surface area (Å²) in [6, 6.07) is 8.49. The SMILES string of the molecule is Nc1cc(N)cc(C(=O)Oc2cc(O)ccc2N)c1. The molecule has 0 aromatic heterocycles. The fourth-order valence-electron chi connectivity index (χ4n) is 1.56. The quantitative estimate of drug-likeness (QED) is 0.279. The molecular weight excluding hydrogens is 246 g/mol. The molecule has 2 aromatic carbocycles. The molecule has 0 spiro atoms. The van der Waals surface area contributed by atoms with Gasteiger partial charge in [0.1, 0.15) is 5.75 Å². The number of carbonyl (C=O) groups is 1. The van der Waals surface area contributed by atoms with Crippen molar-refractivity contribution in [2.75, 3.05) is 17.2 Å². The van der Waals surface area contributed by atoms with Gasteiger partial charge in [-0.05, 0) is 30.3 Å². The molecule has 0 fully saturated rings. The van der Waals surface area contributed by atoms with Crippen LogP contribution in [0.3, 0.4) is 0 Å². The molecule has 6 nitrogen and oxygen atoms in total.